The molecule has 0 aromatic heterocycles. The molecule has 0 heterocycles. The lowest BCUT2D eigenvalue weighted by atomic mass is 10.3. The first-order chi connectivity index (χ1) is 6.35. The topological polar surface area (TPSA) is 21.3 Å². The second kappa shape index (κ2) is 9.33. The Labute approximate surface area is 81.7 Å². The highest BCUT2D eigenvalue weighted by atomic mass is 16.5. The molecule has 0 rings (SSSR count). The molecule has 0 aliphatic carbocycles. The van der Waals surface area contributed by atoms with Gasteiger partial charge in [-0.2, -0.15) is 0 Å². The SMILES string of the molecule is C/C=C\N/C(=C/CCC)COCC. The second-order valence-electron chi connectivity index (χ2n) is 2.80. The van der Waals surface area contributed by atoms with Crippen molar-refractivity contribution in [3.63, 3.8) is 0 Å². The minimum Gasteiger partial charge on any atom is -0.376 e. The van der Waals surface area contributed by atoms with Gasteiger partial charge < -0.3 is 10.1 Å². The van der Waals surface area contributed by atoms with Crippen LogP contribution in [0.1, 0.15) is 33.6 Å². The Morgan fingerprint density at radius 1 is 1.38 bits per heavy atom. The van der Waals surface area contributed by atoms with Crippen molar-refractivity contribution >= 4 is 0 Å². The van der Waals surface area contributed by atoms with Gasteiger partial charge in [-0.1, -0.05) is 25.5 Å². The third-order valence-corrected chi connectivity index (χ3v) is 1.58. The molecule has 2 nitrogen and oxygen atoms in total. The summed E-state index contributed by atoms with van der Waals surface area (Å²) in [4.78, 5) is 0. The van der Waals surface area contributed by atoms with Crippen molar-refractivity contribution in [1.29, 1.82) is 0 Å². The van der Waals surface area contributed by atoms with E-state index in [2.05, 4.69) is 18.3 Å². The molecule has 1 N–H and O–H groups in total. The van der Waals surface area contributed by atoms with E-state index in [9.17, 15) is 0 Å². The summed E-state index contributed by atoms with van der Waals surface area (Å²) in [6.07, 6.45) is 8.38. The average Bonchev–Trinajstić information content (AvgIpc) is 2.17. The van der Waals surface area contributed by atoms with Crippen molar-refractivity contribution in [2.75, 3.05) is 13.2 Å². The van der Waals surface area contributed by atoms with Crippen molar-refractivity contribution in [3.05, 3.63) is 24.0 Å². The fourth-order valence-corrected chi connectivity index (χ4v) is 0.880. The molecule has 13 heavy (non-hydrogen) atoms. The Bertz CT molecular complexity index is 161. The van der Waals surface area contributed by atoms with Crippen LogP contribution in [0.4, 0.5) is 0 Å². The Hall–Kier alpha value is -0.760. The number of rotatable bonds is 7. The Balaban J connectivity index is 3.86. The first-order valence-electron chi connectivity index (χ1n) is 4.99. The number of nitrogens with one attached hydrogen (secondary N) is 1. The van der Waals surface area contributed by atoms with Gasteiger partial charge in [0.2, 0.25) is 0 Å². The lowest BCUT2D eigenvalue weighted by Gasteiger charge is -2.06. The van der Waals surface area contributed by atoms with E-state index in [0.717, 1.165) is 18.7 Å². The van der Waals surface area contributed by atoms with E-state index in [-0.39, 0.29) is 0 Å². The monoisotopic (exact) mass is 183 g/mol. The van der Waals surface area contributed by atoms with Gasteiger partial charge in [0.15, 0.2) is 0 Å². The molecule has 0 saturated carbocycles. The number of ether oxygens (including phenoxy) is 1. The van der Waals surface area contributed by atoms with Gasteiger partial charge in [-0.05, 0) is 26.5 Å². The van der Waals surface area contributed by atoms with Gasteiger partial charge in [-0.25, -0.2) is 0 Å². The first kappa shape index (κ1) is 12.2. The highest BCUT2D eigenvalue weighted by Crippen LogP contribution is 1.97. The van der Waals surface area contributed by atoms with Crippen LogP contribution >= 0.6 is 0 Å². The first-order valence-corrected chi connectivity index (χ1v) is 4.99. The average molecular weight is 183 g/mol. The molecule has 0 amide bonds. The van der Waals surface area contributed by atoms with Gasteiger partial charge in [0.25, 0.3) is 0 Å². The molecule has 0 unspecified atom stereocenters. The molecule has 0 aliphatic heterocycles. The predicted molar refractivity (Wildman–Crippen MR) is 57.4 cm³/mol. The predicted octanol–water partition coefficient (Wildman–Crippen LogP) is 2.83. The number of unbranched alkanes of at least 4 members (excludes halogenated alkanes) is 1. The van der Waals surface area contributed by atoms with Gasteiger partial charge in [0.1, 0.15) is 0 Å². The van der Waals surface area contributed by atoms with Crippen molar-refractivity contribution in [3.8, 4) is 0 Å². The van der Waals surface area contributed by atoms with Gasteiger partial charge in [-0.3, -0.25) is 0 Å². The van der Waals surface area contributed by atoms with E-state index < -0.39 is 0 Å². The molecule has 0 aromatic carbocycles. The van der Waals surface area contributed by atoms with Crippen LogP contribution in [0.5, 0.6) is 0 Å². The molecule has 2 heteroatoms. The fourth-order valence-electron chi connectivity index (χ4n) is 0.880. The summed E-state index contributed by atoms with van der Waals surface area (Å²) >= 11 is 0. The van der Waals surface area contributed by atoms with Gasteiger partial charge in [-0.15, -0.1) is 0 Å². The molecule has 0 saturated heterocycles. The number of hydrogen-bond acceptors (Lipinski definition) is 2. The standard InChI is InChI=1S/C11H21NO/c1-4-7-8-11(10-13-6-3)12-9-5-2/h5,8-9,12H,4,6-7,10H2,1-3H3/b9-5-,11-8+. The summed E-state index contributed by atoms with van der Waals surface area (Å²) in [5.74, 6) is 0. The fraction of sp³-hybridized carbons (Fsp3) is 0.636. The van der Waals surface area contributed by atoms with Crippen LogP contribution in [-0.2, 0) is 4.74 Å². The highest BCUT2D eigenvalue weighted by molar-refractivity contribution is 5.03. The van der Waals surface area contributed by atoms with Crippen molar-refractivity contribution in [2.24, 2.45) is 0 Å². The van der Waals surface area contributed by atoms with Crippen LogP contribution in [0, 0.1) is 0 Å². The van der Waals surface area contributed by atoms with E-state index in [1.807, 2.05) is 26.1 Å². The van der Waals surface area contributed by atoms with E-state index >= 15 is 0 Å². The lowest BCUT2D eigenvalue weighted by molar-refractivity contribution is 0.167. The zero-order chi connectivity index (χ0) is 9.94. The van der Waals surface area contributed by atoms with E-state index in [0.29, 0.717) is 6.61 Å². The summed E-state index contributed by atoms with van der Waals surface area (Å²) in [5.41, 5.74) is 1.15. The van der Waals surface area contributed by atoms with Crippen LogP contribution in [0.25, 0.3) is 0 Å². The molecule has 0 aliphatic rings. The Morgan fingerprint density at radius 2 is 2.15 bits per heavy atom. The molecule has 0 fully saturated rings. The molecular weight excluding hydrogens is 162 g/mol. The summed E-state index contributed by atoms with van der Waals surface area (Å²) in [5, 5.41) is 3.19. The molecule has 0 atom stereocenters. The molecular formula is C11H21NO. The molecule has 0 spiro atoms. The maximum Gasteiger partial charge on any atom is 0.0862 e. The van der Waals surface area contributed by atoms with Crippen LogP contribution in [0.2, 0.25) is 0 Å². The third kappa shape index (κ3) is 7.60. The summed E-state index contributed by atoms with van der Waals surface area (Å²) in [7, 11) is 0. The van der Waals surface area contributed by atoms with Crippen molar-refractivity contribution in [2.45, 2.75) is 33.6 Å². The summed E-state index contributed by atoms with van der Waals surface area (Å²) < 4.78 is 5.33. The molecule has 0 bridgehead atoms. The molecule has 0 aromatic rings. The Morgan fingerprint density at radius 3 is 2.69 bits per heavy atom. The van der Waals surface area contributed by atoms with E-state index in [4.69, 9.17) is 4.74 Å². The maximum absolute atomic E-state index is 5.33. The van der Waals surface area contributed by atoms with Gasteiger partial charge in [0, 0.05) is 12.3 Å². The normalized spacial score (nSPS) is 12.4. The zero-order valence-corrected chi connectivity index (χ0v) is 8.97. The van der Waals surface area contributed by atoms with Crippen LogP contribution in [0.15, 0.2) is 24.0 Å². The zero-order valence-electron chi connectivity index (χ0n) is 8.97. The van der Waals surface area contributed by atoms with Gasteiger partial charge >= 0.3 is 0 Å². The summed E-state index contributed by atoms with van der Waals surface area (Å²) in [6.45, 7) is 7.62. The molecule has 0 radical (unpaired) electrons. The van der Waals surface area contributed by atoms with E-state index in [1.54, 1.807) is 0 Å². The Kier molecular flexibility index (Phi) is 8.78. The minimum atomic E-state index is 0.681. The van der Waals surface area contributed by atoms with Crippen LogP contribution < -0.4 is 5.32 Å². The quantitative estimate of drug-likeness (QED) is 0.655. The lowest BCUT2D eigenvalue weighted by Crippen LogP contribution is -2.11. The van der Waals surface area contributed by atoms with Crippen LogP contribution in [-0.4, -0.2) is 13.2 Å². The van der Waals surface area contributed by atoms with Gasteiger partial charge in [0.05, 0.1) is 6.61 Å². The highest BCUT2D eigenvalue weighted by Gasteiger charge is 1.92. The minimum absolute atomic E-state index is 0.681. The summed E-state index contributed by atoms with van der Waals surface area (Å²) in [6, 6.07) is 0. The number of allylic oxidation sites excluding steroid dienone is 2. The van der Waals surface area contributed by atoms with Crippen molar-refractivity contribution in [1.82, 2.24) is 5.32 Å². The largest absolute Gasteiger partial charge is 0.376 e. The second-order valence-corrected chi connectivity index (χ2v) is 2.80. The van der Waals surface area contributed by atoms with E-state index in [1.165, 1.54) is 6.42 Å². The molecule has 76 valence electrons. The number of hydrogen-bond donors (Lipinski definition) is 1. The maximum atomic E-state index is 5.33. The van der Waals surface area contributed by atoms with Crippen LogP contribution in [0.3, 0.4) is 0 Å². The third-order valence-electron chi connectivity index (χ3n) is 1.58. The smallest absolute Gasteiger partial charge is 0.0862 e. The van der Waals surface area contributed by atoms with Crippen molar-refractivity contribution < 1.29 is 4.74 Å².